The second kappa shape index (κ2) is 6.39. The number of halogens is 1. The number of rotatable bonds is 4. The molecule has 0 aliphatic heterocycles. The average Bonchev–Trinajstić information content (AvgIpc) is 2.98. The molecule has 0 spiro atoms. The summed E-state index contributed by atoms with van der Waals surface area (Å²) in [5.74, 6) is 0. The molecule has 2 nitrogen and oxygen atoms in total. The maximum absolute atomic E-state index is 5.90. The molecule has 2 aromatic carbocycles. The summed E-state index contributed by atoms with van der Waals surface area (Å²) in [6.07, 6.45) is 0.832. The molecule has 1 aromatic heterocycles. The summed E-state index contributed by atoms with van der Waals surface area (Å²) in [4.78, 5) is 4.72. The van der Waals surface area contributed by atoms with Crippen molar-refractivity contribution in [3.63, 3.8) is 0 Å². The number of thiazole rings is 1. The number of hydrogen-bond acceptors (Lipinski definition) is 3. The van der Waals surface area contributed by atoms with E-state index in [4.69, 9.17) is 22.3 Å². The Morgan fingerprint density at radius 1 is 1.05 bits per heavy atom. The van der Waals surface area contributed by atoms with Gasteiger partial charge in [-0.2, -0.15) is 0 Å². The quantitative estimate of drug-likeness (QED) is 0.769. The number of benzene rings is 2. The number of hydrogen-bond donors (Lipinski definition) is 1. The lowest BCUT2D eigenvalue weighted by atomic mass is 10.1. The molecule has 0 aliphatic rings. The number of nitrogens with zero attached hydrogens (tertiary/aromatic N) is 1. The van der Waals surface area contributed by atoms with Gasteiger partial charge in [-0.15, -0.1) is 11.3 Å². The fourth-order valence-electron chi connectivity index (χ4n) is 2.16. The van der Waals surface area contributed by atoms with E-state index in [1.807, 2.05) is 36.4 Å². The molecule has 0 saturated heterocycles. The van der Waals surface area contributed by atoms with Crippen LogP contribution in [0.15, 0.2) is 53.9 Å². The van der Waals surface area contributed by atoms with Gasteiger partial charge in [-0.3, -0.25) is 0 Å². The van der Waals surface area contributed by atoms with Gasteiger partial charge >= 0.3 is 0 Å². The standard InChI is InChI=1S/C17H15ClN2S/c18-15-6-4-12(5-7-15)9-17-20-16(11-21-17)14-3-1-2-13(8-14)10-19/h1-8,11H,9-10,19H2. The van der Waals surface area contributed by atoms with E-state index in [0.29, 0.717) is 6.54 Å². The number of nitrogens with two attached hydrogens (primary N) is 1. The summed E-state index contributed by atoms with van der Waals surface area (Å²) in [7, 11) is 0. The van der Waals surface area contributed by atoms with E-state index in [1.165, 1.54) is 5.56 Å². The lowest BCUT2D eigenvalue weighted by Crippen LogP contribution is -1.95. The molecule has 4 heteroatoms. The van der Waals surface area contributed by atoms with E-state index in [1.54, 1.807) is 11.3 Å². The van der Waals surface area contributed by atoms with Crippen molar-refractivity contribution < 1.29 is 0 Å². The first kappa shape index (κ1) is 14.3. The van der Waals surface area contributed by atoms with Crippen LogP contribution in [-0.2, 0) is 13.0 Å². The molecule has 0 amide bonds. The van der Waals surface area contributed by atoms with E-state index < -0.39 is 0 Å². The van der Waals surface area contributed by atoms with Crippen molar-refractivity contribution in [2.45, 2.75) is 13.0 Å². The minimum Gasteiger partial charge on any atom is -0.326 e. The zero-order chi connectivity index (χ0) is 14.7. The first-order valence-corrected chi connectivity index (χ1v) is 7.98. The zero-order valence-electron chi connectivity index (χ0n) is 11.4. The van der Waals surface area contributed by atoms with Crippen molar-refractivity contribution in [2.75, 3.05) is 0 Å². The van der Waals surface area contributed by atoms with Crippen LogP contribution >= 0.6 is 22.9 Å². The molecule has 0 fully saturated rings. The summed E-state index contributed by atoms with van der Waals surface area (Å²) >= 11 is 7.59. The summed E-state index contributed by atoms with van der Waals surface area (Å²) < 4.78 is 0. The Kier molecular flexibility index (Phi) is 4.34. The Bertz CT molecular complexity index is 735. The van der Waals surface area contributed by atoms with Crippen LogP contribution < -0.4 is 5.73 Å². The SMILES string of the molecule is NCc1cccc(-c2csc(Cc3ccc(Cl)cc3)n2)c1. The average molecular weight is 315 g/mol. The highest BCUT2D eigenvalue weighted by Gasteiger charge is 2.06. The van der Waals surface area contributed by atoms with E-state index in [2.05, 4.69) is 17.5 Å². The van der Waals surface area contributed by atoms with Crippen LogP contribution in [0.25, 0.3) is 11.3 Å². The molecular weight excluding hydrogens is 300 g/mol. The number of aromatic nitrogens is 1. The van der Waals surface area contributed by atoms with E-state index in [0.717, 1.165) is 33.3 Å². The molecule has 3 aromatic rings. The van der Waals surface area contributed by atoms with Gasteiger partial charge in [0, 0.05) is 28.9 Å². The summed E-state index contributed by atoms with van der Waals surface area (Å²) in [6, 6.07) is 16.1. The van der Waals surface area contributed by atoms with Gasteiger partial charge in [-0.05, 0) is 29.3 Å². The second-order valence-electron chi connectivity index (χ2n) is 4.83. The molecule has 0 saturated carbocycles. The largest absolute Gasteiger partial charge is 0.326 e. The Morgan fingerprint density at radius 3 is 2.62 bits per heavy atom. The molecule has 21 heavy (non-hydrogen) atoms. The molecule has 1 heterocycles. The van der Waals surface area contributed by atoms with Gasteiger partial charge < -0.3 is 5.73 Å². The van der Waals surface area contributed by atoms with Crippen LogP contribution in [0.5, 0.6) is 0 Å². The topological polar surface area (TPSA) is 38.9 Å². The lowest BCUT2D eigenvalue weighted by molar-refractivity contribution is 1.07. The first-order chi connectivity index (χ1) is 10.2. The van der Waals surface area contributed by atoms with E-state index >= 15 is 0 Å². The van der Waals surface area contributed by atoms with Crippen LogP contribution in [0.1, 0.15) is 16.1 Å². The summed E-state index contributed by atoms with van der Waals surface area (Å²) in [5, 5.41) is 3.96. The highest BCUT2D eigenvalue weighted by molar-refractivity contribution is 7.10. The van der Waals surface area contributed by atoms with Gasteiger partial charge in [0.15, 0.2) is 0 Å². The van der Waals surface area contributed by atoms with E-state index in [-0.39, 0.29) is 0 Å². The molecule has 106 valence electrons. The predicted molar refractivity (Wildman–Crippen MR) is 89.7 cm³/mol. The van der Waals surface area contributed by atoms with Gasteiger partial charge in [-0.1, -0.05) is 41.9 Å². The molecule has 0 unspecified atom stereocenters. The van der Waals surface area contributed by atoms with Crippen molar-refractivity contribution in [1.82, 2.24) is 4.98 Å². The van der Waals surface area contributed by atoms with Gasteiger partial charge in [0.1, 0.15) is 0 Å². The van der Waals surface area contributed by atoms with Crippen molar-refractivity contribution in [3.8, 4) is 11.3 Å². The van der Waals surface area contributed by atoms with Crippen molar-refractivity contribution in [2.24, 2.45) is 5.73 Å². The van der Waals surface area contributed by atoms with Gasteiger partial charge in [0.25, 0.3) is 0 Å². The Morgan fingerprint density at radius 2 is 1.86 bits per heavy atom. The van der Waals surface area contributed by atoms with Gasteiger partial charge in [0.2, 0.25) is 0 Å². The highest BCUT2D eigenvalue weighted by atomic mass is 35.5. The minimum absolute atomic E-state index is 0.551. The van der Waals surface area contributed by atoms with Crippen LogP contribution in [0.3, 0.4) is 0 Å². The monoisotopic (exact) mass is 314 g/mol. The molecule has 0 radical (unpaired) electrons. The Balaban J connectivity index is 1.81. The van der Waals surface area contributed by atoms with Gasteiger partial charge in [0.05, 0.1) is 10.7 Å². The molecule has 3 rings (SSSR count). The third kappa shape index (κ3) is 3.50. The smallest absolute Gasteiger partial charge is 0.0976 e. The molecule has 0 atom stereocenters. The van der Waals surface area contributed by atoms with Crippen molar-refractivity contribution in [3.05, 3.63) is 75.1 Å². The Hall–Kier alpha value is -1.68. The normalized spacial score (nSPS) is 10.8. The fraction of sp³-hybridized carbons (Fsp3) is 0.118. The van der Waals surface area contributed by atoms with Crippen molar-refractivity contribution >= 4 is 22.9 Å². The second-order valence-corrected chi connectivity index (χ2v) is 6.21. The third-order valence-electron chi connectivity index (χ3n) is 3.28. The summed E-state index contributed by atoms with van der Waals surface area (Å²) in [6.45, 7) is 0.551. The lowest BCUT2D eigenvalue weighted by Gasteiger charge is -2.00. The zero-order valence-corrected chi connectivity index (χ0v) is 13.0. The first-order valence-electron chi connectivity index (χ1n) is 6.73. The highest BCUT2D eigenvalue weighted by Crippen LogP contribution is 2.24. The maximum atomic E-state index is 5.90. The molecular formula is C17H15ClN2S. The molecule has 0 bridgehead atoms. The van der Waals surface area contributed by atoms with Crippen LogP contribution in [0.4, 0.5) is 0 Å². The van der Waals surface area contributed by atoms with E-state index in [9.17, 15) is 0 Å². The maximum Gasteiger partial charge on any atom is 0.0976 e. The fourth-order valence-corrected chi connectivity index (χ4v) is 3.12. The minimum atomic E-state index is 0.551. The van der Waals surface area contributed by atoms with Crippen molar-refractivity contribution in [1.29, 1.82) is 0 Å². The summed E-state index contributed by atoms with van der Waals surface area (Å²) in [5.41, 5.74) is 10.2. The van der Waals surface area contributed by atoms with Crippen LogP contribution in [-0.4, -0.2) is 4.98 Å². The predicted octanol–water partition coefficient (Wildman–Crippen LogP) is 4.51. The Labute approximate surface area is 133 Å². The molecule has 2 N–H and O–H groups in total. The molecule has 0 aliphatic carbocycles. The third-order valence-corrected chi connectivity index (χ3v) is 4.38. The van der Waals surface area contributed by atoms with Crippen LogP contribution in [0.2, 0.25) is 5.02 Å². The van der Waals surface area contributed by atoms with Crippen LogP contribution in [0, 0.1) is 0 Å². The van der Waals surface area contributed by atoms with Gasteiger partial charge in [-0.25, -0.2) is 4.98 Å².